The molecule has 0 aliphatic heterocycles. The molecule has 5 heteroatoms. The highest BCUT2D eigenvalue weighted by atomic mass is 79.9. The van der Waals surface area contributed by atoms with E-state index in [1.165, 1.54) is 4.88 Å². The molecule has 2 aromatic rings. The fraction of sp³-hybridized carbons (Fsp3) is 0.182. The van der Waals surface area contributed by atoms with Crippen LogP contribution < -0.4 is 5.32 Å². The maximum Gasteiger partial charge on any atom is 0.0634 e. The number of hydrogen-bond acceptors (Lipinski definition) is 3. The number of halogens is 2. The van der Waals surface area contributed by atoms with Gasteiger partial charge in [0.05, 0.1) is 5.02 Å². The first-order valence-corrected chi connectivity index (χ1v) is 6.83. The van der Waals surface area contributed by atoms with Gasteiger partial charge >= 0.3 is 0 Å². The Morgan fingerprint density at radius 3 is 3.00 bits per heavy atom. The molecule has 0 aromatic carbocycles. The maximum atomic E-state index is 6.00. The smallest absolute Gasteiger partial charge is 0.0634 e. The first-order valence-electron chi connectivity index (χ1n) is 4.78. The van der Waals surface area contributed by atoms with E-state index >= 15 is 0 Å². The number of nitrogens with zero attached hydrogens (tertiary/aromatic N) is 1. The second-order valence-corrected chi connectivity index (χ2v) is 5.62. The summed E-state index contributed by atoms with van der Waals surface area (Å²) in [5.41, 5.74) is 1.08. The van der Waals surface area contributed by atoms with Gasteiger partial charge in [0.2, 0.25) is 0 Å². The Bertz CT molecular complexity index is 473. The second kappa shape index (κ2) is 5.77. The minimum absolute atomic E-state index is 0.711. The Balaban J connectivity index is 1.87. The fourth-order valence-electron chi connectivity index (χ4n) is 1.31. The maximum absolute atomic E-state index is 6.00. The van der Waals surface area contributed by atoms with Gasteiger partial charge in [-0.15, -0.1) is 11.3 Å². The number of thiophene rings is 1. The van der Waals surface area contributed by atoms with Crippen LogP contribution in [0.25, 0.3) is 0 Å². The summed E-state index contributed by atoms with van der Waals surface area (Å²) in [7, 11) is 0. The number of pyridine rings is 1. The molecule has 2 rings (SSSR count). The van der Waals surface area contributed by atoms with Gasteiger partial charge in [-0.2, -0.15) is 0 Å². The molecule has 2 heterocycles. The van der Waals surface area contributed by atoms with Crippen molar-refractivity contribution >= 4 is 38.9 Å². The average molecular weight is 318 g/mol. The molecule has 0 spiro atoms. The summed E-state index contributed by atoms with van der Waals surface area (Å²) in [6.07, 6.45) is 3.42. The third kappa shape index (κ3) is 3.28. The lowest BCUT2D eigenvalue weighted by molar-refractivity contribution is 0.700. The SMILES string of the molecule is Clc1cnccc1CNCc1cc(Br)cs1. The zero-order chi connectivity index (χ0) is 11.4. The predicted octanol–water partition coefficient (Wildman–Crippen LogP) is 3.85. The second-order valence-electron chi connectivity index (χ2n) is 3.30. The summed E-state index contributed by atoms with van der Waals surface area (Å²) in [4.78, 5) is 5.25. The molecule has 0 atom stereocenters. The van der Waals surface area contributed by atoms with Crippen LogP contribution in [0.3, 0.4) is 0 Å². The van der Waals surface area contributed by atoms with E-state index in [2.05, 4.69) is 37.7 Å². The van der Waals surface area contributed by atoms with Crippen molar-refractivity contribution in [2.24, 2.45) is 0 Å². The molecule has 0 saturated heterocycles. The Labute approximate surface area is 112 Å². The van der Waals surface area contributed by atoms with Gasteiger partial charge in [-0.3, -0.25) is 4.98 Å². The summed E-state index contributed by atoms with van der Waals surface area (Å²) in [5, 5.41) is 6.14. The molecule has 1 N–H and O–H groups in total. The molecular formula is C11H10BrClN2S. The molecule has 0 radical (unpaired) electrons. The molecule has 2 nitrogen and oxygen atoms in total. The zero-order valence-electron chi connectivity index (χ0n) is 8.41. The average Bonchev–Trinajstić information content (AvgIpc) is 2.67. The molecule has 0 aliphatic carbocycles. The molecule has 2 aromatic heterocycles. The number of nitrogens with one attached hydrogen (secondary N) is 1. The van der Waals surface area contributed by atoms with Crippen molar-refractivity contribution in [3.05, 3.63) is 49.8 Å². The van der Waals surface area contributed by atoms with Gasteiger partial charge in [0.25, 0.3) is 0 Å². The van der Waals surface area contributed by atoms with Crippen LogP contribution in [-0.2, 0) is 13.1 Å². The van der Waals surface area contributed by atoms with Crippen LogP contribution in [0.5, 0.6) is 0 Å². The fourth-order valence-corrected chi connectivity index (χ4v) is 2.92. The van der Waals surface area contributed by atoms with Crippen molar-refractivity contribution in [3.63, 3.8) is 0 Å². The van der Waals surface area contributed by atoms with Crippen molar-refractivity contribution in [2.75, 3.05) is 0 Å². The summed E-state index contributed by atoms with van der Waals surface area (Å²) >= 11 is 11.2. The van der Waals surface area contributed by atoms with Crippen molar-refractivity contribution in [3.8, 4) is 0 Å². The van der Waals surface area contributed by atoms with Crippen LogP contribution >= 0.6 is 38.9 Å². The standard InChI is InChI=1S/C11H10BrClN2S/c12-9-3-10(16-7-9)5-15-4-8-1-2-14-6-11(8)13/h1-3,6-7,15H,4-5H2. The molecule has 0 amide bonds. The number of rotatable bonds is 4. The Kier molecular flexibility index (Phi) is 4.35. The van der Waals surface area contributed by atoms with Crippen molar-refractivity contribution in [1.29, 1.82) is 0 Å². The molecule has 0 aliphatic rings. The molecule has 0 bridgehead atoms. The molecule has 0 saturated carbocycles. The Morgan fingerprint density at radius 2 is 2.31 bits per heavy atom. The monoisotopic (exact) mass is 316 g/mol. The molecule has 0 unspecified atom stereocenters. The van der Waals surface area contributed by atoms with Gasteiger partial charge in [-0.05, 0) is 33.6 Å². The van der Waals surface area contributed by atoms with Gasteiger partial charge in [-0.1, -0.05) is 11.6 Å². The summed E-state index contributed by atoms with van der Waals surface area (Å²) in [6.45, 7) is 1.62. The number of hydrogen-bond donors (Lipinski definition) is 1. The molecular weight excluding hydrogens is 308 g/mol. The Morgan fingerprint density at radius 1 is 1.44 bits per heavy atom. The summed E-state index contributed by atoms with van der Waals surface area (Å²) < 4.78 is 1.14. The highest BCUT2D eigenvalue weighted by Gasteiger charge is 2.00. The van der Waals surface area contributed by atoms with Gasteiger partial charge in [-0.25, -0.2) is 0 Å². The highest BCUT2D eigenvalue weighted by Crippen LogP contribution is 2.19. The highest BCUT2D eigenvalue weighted by molar-refractivity contribution is 9.10. The quantitative estimate of drug-likeness (QED) is 0.926. The number of aromatic nitrogens is 1. The third-order valence-corrected chi connectivity index (χ3v) is 4.13. The topological polar surface area (TPSA) is 24.9 Å². The van der Waals surface area contributed by atoms with E-state index in [0.717, 1.165) is 23.1 Å². The van der Waals surface area contributed by atoms with Crippen LogP contribution in [0.4, 0.5) is 0 Å². The van der Waals surface area contributed by atoms with E-state index in [0.29, 0.717) is 5.02 Å². The van der Waals surface area contributed by atoms with Crippen LogP contribution in [0.15, 0.2) is 34.4 Å². The molecule has 16 heavy (non-hydrogen) atoms. The summed E-state index contributed by atoms with van der Waals surface area (Å²) in [6, 6.07) is 4.05. The lowest BCUT2D eigenvalue weighted by Gasteiger charge is -2.04. The van der Waals surface area contributed by atoms with E-state index in [1.807, 2.05) is 6.07 Å². The minimum atomic E-state index is 0.711. The molecule has 84 valence electrons. The van der Waals surface area contributed by atoms with E-state index in [-0.39, 0.29) is 0 Å². The van der Waals surface area contributed by atoms with E-state index in [1.54, 1.807) is 23.7 Å². The lowest BCUT2D eigenvalue weighted by atomic mass is 10.2. The minimum Gasteiger partial charge on any atom is -0.308 e. The third-order valence-electron chi connectivity index (χ3n) is 2.09. The lowest BCUT2D eigenvalue weighted by Crippen LogP contribution is -2.12. The van der Waals surface area contributed by atoms with Crippen LogP contribution in [0.2, 0.25) is 5.02 Å². The van der Waals surface area contributed by atoms with Crippen molar-refractivity contribution < 1.29 is 0 Å². The largest absolute Gasteiger partial charge is 0.308 e. The van der Waals surface area contributed by atoms with Gasteiger partial charge < -0.3 is 5.32 Å². The van der Waals surface area contributed by atoms with Gasteiger partial charge in [0.1, 0.15) is 0 Å². The van der Waals surface area contributed by atoms with Crippen molar-refractivity contribution in [1.82, 2.24) is 10.3 Å². The van der Waals surface area contributed by atoms with E-state index in [9.17, 15) is 0 Å². The van der Waals surface area contributed by atoms with Crippen LogP contribution in [0.1, 0.15) is 10.4 Å². The first kappa shape index (κ1) is 12.0. The zero-order valence-corrected chi connectivity index (χ0v) is 11.6. The van der Waals surface area contributed by atoms with Gasteiger partial charge in [0, 0.05) is 40.2 Å². The van der Waals surface area contributed by atoms with Crippen LogP contribution in [-0.4, -0.2) is 4.98 Å². The Hall–Kier alpha value is -0.420. The first-order chi connectivity index (χ1) is 7.75. The normalized spacial score (nSPS) is 10.6. The van der Waals surface area contributed by atoms with Crippen LogP contribution in [0, 0.1) is 0 Å². The van der Waals surface area contributed by atoms with E-state index in [4.69, 9.17) is 11.6 Å². The van der Waals surface area contributed by atoms with E-state index < -0.39 is 0 Å². The summed E-state index contributed by atoms with van der Waals surface area (Å²) in [5.74, 6) is 0. The predicted molar refractivity (Wildman–Crippen MR) is 71.8 cm³/mol. The van der Waals surface area contributed by atoms with Gasteiger partial charge in [0.15, 0.2) is 0 Å². The molecule has 0 fully saturated rings. The van der Waals surface area contributed by atoms with Crippen molar-refractivity contribution in [2.45, 2.75) is 13.1 Å².